The van der Waals surface area contributed by atoms with Gasteiger partial charge in [0.15, 0.2) is 0 Å². The Bertz CT molecular complexity index is 644. The van der Waals surface area contributed by atoms with Crippen molar-refractivity contribution in [3.8, 4) is 0 Å². The number of benzene rings is 1. The van der Waals surface area contributed by atoms with Crippen molar-refractivity contribution in [2.24, 2.45) is 5.92 Å². The molecule has 1 atom stereocenters. The van der Waals surface area contributed by atoms with Crippen molar-refractivity contribution in [3.63, 3.8) is 0 Å². The maximum absolute atomic E-state index is 12.5. The topological polar surface area (TPSA) is 83.5 Å². The SMILES string of the molecule is Cc1cc(Br)c(S(=O)(=O)NC(CC(=O)O)C(C)C)cc1Br. The first-order valence-corrected chi connectivity index (χ1v) is 9.31. The van der Waals surface area contributed by atoms with Gasteiger partial charge >= 0.3 is 5.97 Å². The smallest absolute Gasteiger partial charge is 0.304 e. The fourth-order valence-corrected chi connectivity index (χ4v) is 4.76. The molecule has 1 aromatic carbocycles. The highest BCUT2D eigenvalue weighted by molar-refractivity contribution is 9.11. The Hall–Kier alpha value is -0.440. The first kappa shape index (κ1) is 18.6. The van der Waals surface area contributed by atoms with Crippen molar-refractivity contribution >= 4 is 47.9 Å². The van der Waals surface area contributed by atoms with Gasteiger partial charge in [0.2, 0.25) is 10.0 Å². The third-order valence-electron chi connectivity index (χ3n) is 3.01. The second-order valence-corrected chi connectivity index (χ2v) is 8.49. The van der Waals surface area contributed by atoms with Gasteiger partial charge in [-0.1, -0.05) is 29.8 Å². The number of sulfonamides is 1. The molecule has 0 aromatic heterocycles. The average molecular weight is 443 g/mol. The second-order valence-electron chi connectivity index (χ2n) is 5.10. The molecule has 0 aliphatic carbocycles. The zero-order valence-corrected chi connectivity index (χ0v) is 15.8. The van der Waals surface area contributed by atoms with E-state index in [1.54, 1.807) is 19.9 Å². The molecule has 0 aliphatic heterocycles. The van der Waals surface area contributed by atoms with Crippen LogP contribution in [0.2, 0.25) is 0 Å². The van der Waals surface area contributed by atoms with Crippen molar-refractivity contribution in [1.82, 2.24) is 4.72 Å². The summed E-state index contributed by atoms with van der Waals surface area (Å²) in [6.07, 6.45) is -0.262. The van der Waals surface area contributed by atoms with Gasteiger partial charge < -0.3 is 5.11 Å². The third-order valence-corrected chi connectivity index (χ3v) is 6.31. The predicted molar refractivity (Wildman–Crippen MR) is 87.8 cm³/mol. The monoisotopic (exact) mass is 441 g/mol. The fraction of sp³-hybridized carbons (Fsp3) is 0.462. The number of aryl methyl sites for hydroxylation is 1. The van der Waals surface area contributed by atoms with E-state index in [-0.39, 0.29) is 17.2 Å². The summed E-state index contributed by atoms with van der Waals surface area (Å²) in [7, 11) is -3.81. The molecule has 2 N–H and O–H groups in total. The number of nitrogens with one attached hydrogen (secondary N) is 1. The first-order valence-electron chi connectivity index (χ1n) is 6.24. The van der Waals surface area contributed by atoms with Crippen LogP contribution in [0, 0.1) is 12.8 Å². The van der Waals surface area contributed by atoms with E-state index in [1.807, 2.05) is 6.92 Å². The van der Waals surface area contributed by atoms with E-state index in [1.165, 1.54) is 6.07 Å². The van der Waals surface area contributed by atoms with E-state index in [0.29, 0.717) is 8.95 Å². The molecule has 1 aromatic rings. The molecule has 118 valence electrons. The normalized spacial score (nSPS) is 13.4. The van der Waals surface area contributed by atoms with E-state index in [4.69, 9.17) is 5.11 Å². The Balaban J connectivity index is 3.16. The number of hydrogen-bond acceptors (Lipinski definition) is 3. The summed E-state index contributed by atoms with van der Waals surface area (Å²) in [6.45, 7) is 5.40. The zero-order valence-electron chi connectivity index (χ0n) is 11.9. The van der Waals surface area contributed by atoms with Crippen LogP contribution in [-0.2, 0) is 14.8 Å². The van der Waals surface area contributed by atoms with Gasteiger partial charge in [-0.25, -0.2) is 13.1 Å². The van der Waals surface area contributed by atoms with Crippen LogP contribution >= 0.6 is 31.9 Å². The molecule has 0 spiro atoms. The molecule has 8 heteroatoms. The molecule has 1 unspecified atom stereocenters. The number of halogens is 2. The third kappa shape index (κ3) is 5.05. The van der Waals surface area contributed by atoms with Crippen LogP contribution in [0.1, 0.15) is 25.8 Å². The molecule has 0 saturated carbocycles. The van der Waals surface area contributed by atoms with E-state index in [0.717, 1.165) is 5.56 Å². The van der Waals surface area contributed by atoms with Gasteiger partial charge in [-0.2, -0.15) is 0 Å². The lowest BCUT2D eigenvalue weighted by Gasteiger charge is -2.21. The van der Waals surface area contributed by atoms with Crippen LogP contribution in [0.3, 0.4) is 0 Å². The van der Waals surface area contributed by atoms with Gasteiger partial charge in [0.1, 0.15) is 0 Å². The molecule has 0 heterocycles. The minimum Gasteiger partial charge on any atom is -0.481 e. The molecule has 0 amide bonds. The Morgan fingerprint density at radius 2 is 1.86 bits per heavy atom. The van der Waals surface area contributed by atoms with E-state index < -0.39 is 22.0 Å². The summed E-state index contributed by atoms with van der Waals surface area (Å²) in [5.74, 6) is -1.18. The zero-order chi connectivity index (χ0) is 16.4. The van der Waals surface area contributed by atoms with Crippen molar-refractivity contribution in [1.29, 1.82) is 0 Å². The number of carboxylic acid groups (broad SMARTS) is 1. The highest BCUT2D eigenvalue weighted by Crippen LogP contribution is 2.29. The van der Waals surface area contributed by atoms with E-state index >= 15 is 0 Å². The summed E-state index contributed by atoms with van der Waals surface area (Å²) >= 11 is 6.54. The van der Waals surface area contributed by atoms with Gasteiger partial charge in [-0.05, 0) is 46.5 Å². The van der Waals surface area contributed by atoms with E-state index in [2.05, 4.69) is 36.6 Å². The molecule has 0 aliphatic rings. The van der Waals surface area contributed by atoms with Gasteiger partial charge in [-0.3, -0.25) is 4.79 Å². The highest BCUT2D eigenvalue weighted by atomic mass is 79.9. The minimum absolute atomic E-state index is 0.0796. The molecule has 0 saturated heterocycles. The molecule has 5 nitrogen and oxygen atoms in total. The Labute approximate surface area is 141 Å². The largest absolute Gasteiger partial charge is 0.481 e. The summed E-state index contributed by atoms with van der Waals surface area (Å²) in [5, 5.41) is 8.88. The van der Waals surface area contributed by atoms with Crippen molar-refractivity contribution in [2.75, 3.05) is 0 Å². The first-order chi connectivity index (χ1) is 9.54. The van der Waals surface area contributed by atoms with Crippen LogP contribution in [0.4, 0.5) is 0 Å². The maximum atomic E-state index is 12.5. The van der Waals surface area contributed by atoms with Crippen molar-refractivity contribution in [3.05, 3.63) is 26.6 Å². The predicted octanol–water partition coefficient (Wildman–Crippen LogP) is 3.30. The molecule has 21 heavy (non-hydrogen) atoms. The molecular formula is C13H17Br2NO4S. The molecule has 0 bridgehead atoms. The summed E-state index contributed by atoms with van der Waals surface area (Å²) in [6, 6.07) is 2.53. The fourth-order valence-electron chi connectivity index (χ4n) is 1.70. The summed E-state index contributed by atoms with van der Waals surface area (Å²) in [5.41, 5.74) is 0.895. The van der Waals surface area contributed by atoms with Crippen LogP contribution in [0.5, 0.6) is 0 Å². The number of carboxylic acids is 1. The lowest BCUT2D eigenvalue weighted by atomic mass is 10.0. The number of hydrogen-bond donors (Lipinski definition) is 2. The lowest BCUT2D eigenvalue weighted by molar-refractivity contribution is -0.137. The van der Waals surface area contributed by atoms with Crippen molar-refractivity contribution in [2.45, 2.75) is 38.1 Å². The Morgan fingerprint density at radius 1 is 1.29 bits per heavy atom. The minimum atomic E-state index is -3.81. The van der Waals surface area contributed by atoms with Crippen molar-refractivity contribution < 1.29 is 18.3 Å². The molecule has 1 rings (SSSR count). The van der Waals surface area contributed by atoms with E-state index in [9.17, 15) is 13.2 Å². The molecule has 0 radical (unpaired) electrons. The number of rotatable bonds is 6. The Kier molecular flexibility index (Phi) is 6.39. The summed E-state index contributed by atoms with van der Waals surface area (Å²) < 4.78 is 28.5. The van der Waals surface area contributed by atoms with Crippen LogP contribution in [0.15, 0.2) is 26.0 Å². The highest BCUT2D eigenvalue weighted by Gasteiger charge is 2.26. The van der Waals surface area contributed by atoms with Gasteiger partial charge in [0, 0.05) is 15.0 Å². The quantitative estimate of drug-likeness (QED) is 0.707. The summed E-state index contributed by atoms with van der Waals surface area (Å²) in [4.78, 5) is 10.9. The lowest BCUT2D eigenvalue weighted by Crippen LogP contribution is -2.40. The van der Waals surface area contributed by atoms with Crippen LogP contribution < -0.4 is 4.72 Å². The standard InChI is InChI=1S/C13H17Br2NO4S/c1-7(2)11(6-13(17)18)16-21(19,20)12-5-9(14)8(3)4-10(12)15/h4-5,7,11,16H,6H2,1-3H3,(H,17,18). The number of aliphatic carboxylic acids is 1. The average Bonchev–Trinajstić information content (AvgIpc) is 2.31. The molecular weight excluding hydrogens is 426 g/mol. The Morgan fingerprint density at radius 3 is 2.33 bits per heavy atom. The number of carbonyl (C=O) groups is 1. The van der Waals surface area contributed by atoms with Gasteiger partial charge in [0.25, 0.3) is 0 Å². The second kappa shape index (κ2) is 7.21. The van der Waals surface area contributed by atoms with Crippen LogP contribution in [-0.4, -0.2) is 25.5 Å². The molecule has 0 fully saturated rings. The van der Waals surface area contributed by atoms with Crippen LogP contribution in [0.25, 0.3) is 0 Å². The van der Waals surface area contributed by atoms with Gasteiger partial charge in [-0.15, -0.1) is 0 Å². The van der Waals surface area contributed by atoms with Gasteiger partial charge in [0.05, 0.1) is 11.3 Å². The maximum Gasteiger partial charge on any atom is 0.304 e.